The van der Waals surface area contributed by atoms with E-state index in [9.17, 15) is 14.7 Å². The molecular formula is C17H21N3O3. The average Bonchev–Trinajstić information content (AvgIpc) is 2.92. The quantitative estimate of drug-likeness (QED) is 0.939. The van der Waals surface area contributed by atoms with Crippen molar-refractivity contribution in [3.8, 4) is 0 Å². The standard InChI is InChI=1S/C17H21N3O3/c1-2-6-13-15(20-10-4-3-8-14(20)18-13)16(21)19-9-5-7-12(11-19)17(22)23/h3-4,8,10,12H,2,5-7,9,11H2,1H3,(H,22,23). The van der Waals surface area contributed by atoms with Crippen LogP contribution in [-0.4, -0.2) is 44.4 Å². The van der Waals surface area contributed by atoms with Crippen LogP contribution >= 0.6 is 0 Å². The number of amides is 1. The number of imidazole rings is 1. The smallest absolute Gasteiger partial charge is 0.308 e. The molecule has 0 aromatic carbocycles. The number of carboxylic acid groups (broad SMARTS) is 1. The summed E-state index contributed by atoms with van der Waals surface area (Å²) >= 11 is 0. The Labute approximate surface area is 134 Å². The van der Waals surface area contributed by atoms with Crippen LogP contribution in [0.5, 0.6) is 0 Å². The van der Waals surface area contributed by atoms with E-state index >= 15 is 0 Å². The highest BCUT2D eigenvalue weighted by Crippen LogP contribution is 2.22. The first kappa shape index (κ1) is 15.5. The Morgan fingerprint density at radius 1 is 1.39 bits per heavy atom. The van der Waals surface area contributed by atoms with Crippen molar-refractivity contribution < 1.29 is 14.7 Å². The third kappa shape index (κ3) is 2.93. The lowest BCUT2D eigenvalue weighted by molar-refractivity contribution is -0.143. The van der Waals surface area contributed by atoms with Gasteiger partial charge in [-0.1, -0.05) is 19.4 Å². The number of aryl methyl sites for hydroxylation is 1. The van der Waals surface area contributed by atoms with Gasteiger partial charge < -0.3 is 10.0 Å². The zero-order valence-corrected chi connectivity index (χ0v) is 13.2. The van der Waals surface area contributed by atoms with Crippen molar-refractivity contribution in [2.45, 2.75) is 32.6 Å². The van der Waals surface area contributed by atoms with E-state index in [-0.39, 0.29) is 12.5 Å². The number of hydrogen-bond donors (Lipinski definition) is 1. The number of fused-ring (bicyclic) bond motifs is 1. The van der Waals surface area contributed by atoms with Gasteiger partial charge in [0, 0.05) is 19.3 Å². The molecule has 2 aromatic rings. The first-order valence-corrected chi connectivity index (χ1v) is 8.10. The van der Waals surface area contributed by atoms with Crippen LogP contribution in [0.3, 0.4) is 0 Å². The van der Waals surface area contributed by atoms with E-state index in [4.69, 9.17) is 0 Å². The fourth-order valence-corrected chi connectivity index (χ4v) is 3.20. The van der Waals surface area contributed by atoms with E-state index in [0.717, 1.165) is 30.6 Å². The molecule has 1 N–H and O–H groups in total. The number of hydrogen-bond acceptors (Lipinski definition) is 3. The maximum Gasteiger partial charge on any atom is 0.308 e. The van der Waals surface area contributed by atoms with Crippen molar-refractivity contribution in [3.63, 3.8) is 0 Å². The summed E-state index contributed by atoms with van der Waals surface area (Å²) in [7, 11) is 0. The highest BCUT2D eigenvalue weighted by Gasteiger charge is 2.31. The van der Waals surface area contributed by atoms with Gasteiger partial charge in [0.25, 0.3) is 5.91 Å². The van der Waals surface area contributed by atoms with Crippen molar-refractivity contribution in [2.75, 3.05) is 13.1 Å². The lowest BCUT2D eigenvalue weighted by Gasteiger charge is -2.30. The van der Waals surface area contributed by atoms with Crippen LogP contribution < -0.4 is 0 Å². The summed E-state index contributed by atoms with van der Waals surface area (Å²) in [5.74, 6) is -1.41. The van der Waals surface area contributed by atoms with Gasteiger partial charge in [-0.15, -0.1) is 0 Å². The van der Waals surface area contributed by atoms with Crippen LogP contribution in [0.1, 0.15) is 42.4 Å². The molecule has 0 aliphatic carbocycles. The molecule has 0 spiro atoms. The van der Waals surface area contributed by atoms with Gasteiger partial charge in [-0.3, -0.25) is 14.0 Å². The van der Waals surface area contributed by atoms with Crippen LogP contribution in [0.4, 0.5) is 0 Å². The number of piperidine rings is 1. The summed E-state index contributed by atoms with van der Waals surface area (Å²) in [5, 5.41) is 9.22. The molecule has 1 saturated heterocycles. The van der Waals surface area contributed by atoms with Crippen molar-refractivity contribution >= 4 is 17.5 Å². The Bertz CT molecular complexity index is 738. The number of carboxylic acids is 1. The van der Waals surface area contributed by atoms with Crippen molar-refractivity contribution in [2.24, 2.45) is 5.92 Å². The molecule has 122 valence electrons. The maximum absolute atomic E-state index is 13.0. The van der Waals surface area contributed by atoms with Crippen LogP contribution in [0.2, 0.25) is 0 Å². The van der Waals surface area contributed by atoms with E-state index in [1.165, 1.54) is 0 Å². The molecule has 3 heterocycles. The molecule has 23 heavy (non-hydrogen) atoms. The van der Waals surface area contributed by atoms with E-state index in [1.54, 1.807) is 4.90 Å². The summed E-state index contributed by atoms with van der Waals surface area (Å²) in [5.41, 5.74) is 2.13. The monoisotopic (exact) mass is 315 g/mol. The number of nitrogens with zero attached hydrogens (tertiary/aromatic N) is 3. The second-order valence-electron chi connectivity index (χ2n) is 6.01. The summed E-state index contributed by atoms with van der Waals surface area (Å²) in [4.78, 5) is 30.5. The second kappa shape index (κ2) is 6.40. The third-order valence-corrected chi connectivity index (χ3v) is 4.35. The summed E-state index contributed by atoms with van der Waals surface area (Å²) < 4.78 is 1.82. The van der Waals surface area contributed by atoms with Gasteiger partial charge in [-0.25, -0.2) is 4.98 Å². The summed E-state index contributed by atoms with van der Waals surface area (Å²) in [6.07, 6.45) is 4.84. The molecule has 0 radical (unpaired) electrons. The van der Waals surface area contributed by atoms with Gasteiger partial charge in [0.15, 0.2) is 0 Å². The minimum Gasteiger partial charge on any atom is -0.481 e. The van der Waals surface area contributed by atoms with E-state index in [1.807, 2.05) is 28.8 Å². The van der Waals surface area contributed by atoms with Crippen LogP contribution in [0.25, 0.3) is 5.65 Å². The lowest BCUT2D eigenvalue weighted by Crippen LogP contribution is -2.43. The van der Waals surface area contributed by atoms with Crippen LogP contribution in [-0.2, 0) is 11.2 Å². The fraction of sp³-hybridized carbons (Fsp3) is 0.471. The number of likely N-dealkylation sites (tertiary alicyclic amines) is 1. The van der Waals surface area contributed by atoms with E-state index < -0.39 is 11.9 Å². The lowest BCUT2D eigenvalue weighted by atomic mass is 9.98. The van der Waals surface area contributed by atoms with E-state index in [2.05, 4.69) is 11.9 Å². The Morgan fingerprint density at radius 3 is 2.96 bits per heavy atom. The molecule has 0 saturated carbocycles. The molecule has 1 atom stereocenters. The number of carbonyl (C=O) groups excluding carboxylic acids is 1. The molecule has 3 rings (SSSR count). The molecule has 1 unspecified atom stereocenters. The zero-order valence-electron chi connectivity index (χ0n) is 13.2. The van der Waals surface area contributed by atoms with Crippen molar-refractivity contribution in [3.05, 3.63) is 35.8 Å². The molecular weight excluding hydrogens is 294 g/mol. The van der Waals surface area contributed by atoms with Gasteiger partial charge >= 0.3 is 5.97 Å². The highest BCUT2D eigenvalue weighted by molar-refractivity contribution is 5.95. The molecule has 1 amide bonds. The topological polar surface area (TPSA) is 74.9 Å². The molecule has 0 bridgehead atoms. The Hall–Kier alpha value is -2.37. The summed E-state index contributed by atoms with van der Waals surface area (Å²) in [6, 6.07) is 5.65. The first-order valence-electron chi connectivity index (χ1n) is 8.10. The SMILES string of the molecule is CCCc1nc2ccccn2c1C(=O)N1CCCC(C(=O)O)C1. The largest absolute Gasteiger partial charge is 0.481 e. The van der Waals surface area contributed by atoms with Crippen molar-refractivity contribution in [1.29, 1.82) is 0 Å². The maximum atomic E-state index is 13.0. The molecule has 6 heteroatoms. The number of pyridine rings is 1. The number of carbonyl (C=O) groups is 2. The van der Waals surface area contributed by atoms with E-state index in [0.29, 0.717) is 18.7 Å². The van der Waals surface area contributed by atoms with Crippen LogP contribution in [0, 0.1) is 5.92 Å². The van der Waals surface area contributed by atoms with Gasteiger partial charge in [0.1, 0.15) is 11.3 Å². The number of aliphatic carboxylic acids is 1. The Balaban J connectivity index is 1.96. The third-order valence-electron chi connectivity index (χ3n) is 4.35. The zero-order chi connectivity index (χ0) is 16.4. The predicted molar refractivity (Wildman–Crippen MR) is 85.5 cm³/mol. The Morgan fingerprint density at radius 2 is 2.22 bits per heavy atom. The molecule has 2 aromatic heterocycles. The van der Waals surface area contributed by atoms with Crippen LogP contribution in [0.15, 0.2) is 24.4 Å². The number of rotatable bonds is 4. The fourth-order valence-electron chi connectivity index (χ4n) is 3.20. The summed E-state index contributed by atoms with van der Waals surface area (Å²) in [6.45, 7) is 2.94. The van der Waals surface area contributed by atoms with Gasteiger partial charge in [-0.2, -0.15) is 0 Å². The highest BCUT2D eigenvalue weighted by atomic mass is 16.4. The molecule has 1 aliphatic heterocycles. The minimum absolute atomic E-state index is 0.113. The Kier molecular flexibility index (Phi) is 4.32. The van der Waals surface area contributed by atoms with Gasteiger partial charge in [0.2, 0.25) is 0 Å². The van der Waals surface area contributed by atoms with Crippen molar-refractivity contribution in [1.82, 2.24) is 14.3 Å². The molecule has 1 aliphatic rings. The number of aromatic nitrogens is 2. The van der Waals surface area contributed by atoms with Gasteiger partial charge in [-0.05, 0) is 31.4 Å². The average molecular weight is 315 g/mol. The normalized spacial score (nSPS) is 18.3. The minimum atomic E-state index is -0.825. The second-order valence-corrected chi connectivity index (χ2v) is 6.01. The first-order chi connectivity index (χ1) is 11.1. The molecule has 6 nitrogen and oxygen atoms in total. The molecule has 1 fully saturated rings. The van der Waals surface area contributed by atoms with Gasteiger partial charge in [0.05, 0.1) is 11.6 Å². The predicted octanol–water partition coefficient (Wildman–Crippen LogP) is 2.22.